The van der Waals surface area contributed by atoms with E-state index in [2.05, 4.69) is 13.2 Å². The zero-order valence-electron chi connectivity index (χ0n) is 16.2. The summed E-state index contributed by atoms with van der Waals surface area (Å²) in [4.78, 5) is 47.9. The molecule has 0 bridgehead atoms. The van der Waals surface area contributed by atoms with E-state index >= 15 is 0 Å². The lowest BCUT2D eigenvalue weighted by molar-refractivity contribution is -0.166. The Morgan fingerprint density at radius 2 is 1.96 bits per heavy atom. The fourth-order valence-corrected chi connectivity index (χ4v) is 3.24. The van der Waals surface area contributed by atoms with E-state index in [0.717, 1.165) is 5.57 Å². The molecule has 1 aliphatic heterocycles. The summed E-state index contributed by atoms with van der Waals surface area (Å²) in [5.41, 5.74) is 1.29. The van der Waals surface area contributed by atoms with Crippen LogP contribution in [0.15, 0.2) is 47.6 Å². The van der Waals surface area contributed by atoms with Gasteiger partial charge < -0.3 is 14.2 Å². The van der Waals surface area contributed by atoms with Gasteiger partial charge in [-0.3, -0.25) is 9.59 Å². The minimum Gasteiger partial charge on any atom is -0.454 e. The Bertz CT molecular complexity index is 787. The predicted octanol–water partition coefficient (Wildman–Crippen LogP) is 2.37. The maximum Gasteiger partial charge on any atom is 0.334 e. The molecular weight excluding hydrogens is 364 g/mol. The highest BCUT2D eigenvalue weighted by molar-refractivity contribution is 5.92. The monoisotopic (exact) mass is 388 g/mol. The van der Waals surface area contributed by atoms with E-state index in [1.165, 1.54) is 13.8 Å². The summed E-state index contributed by atoms with van der Waals surface area (Å²) in [6.45, 7) is 11.9. The Labute approximate surface area is 163 Å². The molecule has 0 spiro atoms. The summed E-state index contributed by atoms with van der Waals surface area (Å²) in [5, 5.41) is 0. The fraction of sp³-hybridized carbons (Fsp3) is 0.429. The normalized spacial score (nSPS) is 27.5. The maximum atomic E-state index is 12.3. The highest BCUT2D eigenvalue weighted by Gasteiger charge is 2.49. The van der Waals surface area contributed by atoms with E-state index < -0.39 is 42.1 Å². The number of rotatable bonds is 4. The van der Waals surface area contributed by atoms with Crippen molar-refractivity contribution in [1.82, 2.24) is 0 Å². The topological polar surface area (TPSA) is 96.0 Å². The Morgan fingerprint density at radius 1 is 1.29 bits per heavy atom. The van der Waals surface area contributed by atoms with Gasteiger partial charge in [0.1, 0.15) is 12.4 Å². The molecule has 1 heterocycles. The molecule has 150 valence electrons. The third kappa shape index (κ3) is 4.65. The number of hydrogen-bond acceptors (Lipinski definition) is 7. The van der Waals surface area contributed by atoms with Crippen LogP contribution in [0.25, 0.3) is 0 Å². The first-order valence-electron chi connectivity index (χ1n) is 8.91. The first-order valence-corrected chi connectivity index (χ1v) is 8.91. The van der Waals surface area contributed by atoms with Gasteiger partial charge in [0, 0.05) is 23.6 Å². The molecule has 1 aliphatic carbocycles. The molecule has 0 aromatic heterocycles. The van der Waals surface area contributed by atoms with Gasteiger partial charge in [-0.1, -0.05) is 24.8 Å². The van der Waals surface area contributed by atoms with Crippen LogP contribution in [0.2, 0.25) is 0 Å². The van der Waals surface area contributed by atoms with Gasteiger partial charge in [0.15, 0.2) is 12.2 Å². The molecule has 1 saturated heterocycles. The van der Waals surface area contributed by atoms with Crippen LogP contribution in [-0.2, 0) is 33.4 Å². The van der Waals surface area contributed by atoms with Crippen molar-refractivity contribution >= 4 is 24.2 Å². The van der Waals surface area contributed by atoms with Crippen molar-refractivity contribution < 1.29 is 33.4 Å². The molecule has 4 atom stereocenters. The molecule has 28 heavy (non-hydrogen) atoms. The quantitative estimate of drug-likeness (QED) is 0.240. The Kier molecular flexibility index (Phi) is 6.72. The summed E-state index contributed by atoms with van der Waals surface area (Å²) in [5.74, 6) is -2.86. The van der Waals surface area contributed by atoms with Gasteiger partial charge in [-0.2, -0.15) is 0 Å². The molecule has 0 aromatic carbocycles. The van der Waals surface area contributed by atoms with Gasteiger partial charge in [-0.25, -0.2) is 9.59 Å². The Morgan fingerprint density at radius 3 is 2.54 bits per heavy atom. The summed E-state index contributed by atoms with van der Waals surface area (Å²) >= 11 is 0. The number of carbonyl (C=O) groups excluding carboxylic acids is 4. The smallest absolute Gasteiger partial charge is 0.334 e. The van der Waals surface area contributed by atoms with Crippen molar-refractivity contribution in [2.45, 2.75) is 51.9 Å². The van der Waals surface area contributed by atoms with E-state index in [-0.39, 0.29) is 16.7 Å². The summed E-state index contributed by atoms with van der Waals surface area (Å²) < 4.78 is 16.3. The van der Waals surface area contributed by atoms with Gasteiger partial charge in [0.2, 0.25) is 0 Å². The van der Waals surface area contributed by atoms with E-state index in [1.807, 2.05) is 6.92 Å². The molecule has 1 fully saturated rings. The molecule has 0 saturated carbocycles. The number of fused-ring (bicyclic) bond motifs is 1. The van der Waals surface area contributed by atoms with Crippen LogP contribution in [0.4, 0.5) is 0 Å². The Hall–Kier alpha value is -2.96. The molecule has 0 N–H and O–H groups in total. The number of carbonyl (C=O) groups is 4. The first kappa shape index (κ1) is 21.3. The predicted molar refractivity (Wildman–Crippen MR) is 99.9 cm³/mol. The fourth-order valence-electron chi connectivity index (χ4n) is 3.24. The average Bonchev–Trinajstić information content (AvgIpc) is 2.88. The number of ether oxygens (including phenoxy) is 3. The van der Waals surface area contributed by atoms with E-state index in [0.29, 0.717) is 19.1 Å². The van der Waals surface area contributed by atoms with Crippen LogP contribution in [-0.4, -0.2) is 42.5 Å². The number of aldehydes is 1. The highest BCUT2D eigenvalue weighted by atomic mass is 16.6. The number of hydrogen-bond donors (Lipinski definition) is 0. The third-order valence-corrected chi connectivity index (χ3v) is 4.63. The summed E-state index contributed by atoms with van der Waals surface area (Å²) in [6, 6.07) is 0. The summed E-state index contributed by atoms with van der Waals surface area (Å²) in [7, 11) is 0. The molecule has 2 aliphatic rings. The molecule has 0 amide bonds. The minimum atomic E-state index is -1.20. The van der Waals surface area contributed by atoms with Crippen LogP contribution < -0.4 is 0 Å². The molecule has 2 rings (SSSR count). The van der Waals surface area contributed by atoms with Crippen LogP contribution in [0.5, 0.6) is 0 Å². The lowest BCUT2D eigenvalue weighted by Crippen LogP contribution is -2.45. The van der Waals surface area contributed by atoms with Crippen molar-refractivity contribution in [3.8, 4) is 0 Å². The van der Waals surface area contributed by atoms with Gasteiger partial charge in [0.25, 0.3) is 0 Å². The van der Waals surface area contributed by atoms with Crippen molar-refractivity contribution in [3.05, 3.63) is 47.6 Å². The molecule has 0 radical (unpaired) electrons. The first-order chi connectivity index (χ1) is 13.1. The van der Waals surface area contributed by atoms with Crippen molar-refractivity contribution in [2.75, 3.05) is 0 Å². The minimum absolute atomic E-state index is 0.0801. The van der Waals surface area contributed by atoms with Crippen LogP contribution in [0.1, 0.15) is 33.6 Å². The molecule has 0 aromatic rings. The second kappa shape index (κ2) is 8.82. The average molecular weight is 388 g/mol. The van der Waals surface area contributed by atoms with Crippen LogP contribution in [0.3, 0.4) is 0 Å². The highest BCUT2D eigenvalue weighted by Crippen LogP contribution is 2.37. The lowest BCUT2D eigenvalue weighted by Gasteiger charge is -2.32. The molecule has 7 heteroatoms. The molecule has 7 nitrogen and oxygen atoms in total. The maximum absolute atomic E-state index is 12.3. The van der Waals surface area contributed by atoms with Crippen LogP contribution >= 0.6 is 0 Å². The zero-order valence-corrected chi connectivity index (χ0v) is 16.2. The van der Waals surface area contributed by atoms with Gasteiger partial charge >= 0.3 is 17.9 Å². The second-order valence-electron chi connectivity index (χ2n) is 6.97. The third-order valence-electron chi connectivity index (χ3n) is 4.63. The zero-order chi connectivity index (χ0) is 21.0. The largest absolute Gasteiger partial charge is 0.454 e. The number of esters is 3. The van der Waals surface area contributed by atoms with E-state index in [4.69, 9.17) is 14.2 Å². The molecule has 4 unspecified atom stereocenters. The molecular formula is C21H24O7. The number of allylic oxidation sites excluding steroid dienone is 2. The van der Waals surface area contributed by atoms with Gasteiger partial charge in [-0.05, 0) is 32.8 Å². The Balaban J connectivity index is 2.63. The second-order valence-corrected chi connectivity index (χ2v) is 6.97. The van der Waals surface area contributed by atoms with Gasteiger partial charge in [0.05, 0.1) is 5.92 Å². The van der Waals surface area contributed by atoms with Crippen molar-refractivity contribution in [1.29, 1.82) is 0 Å². The summed E-state index contributed by atoms with van der Waals surface area (Å²) in [6.07, 6.45) is 1.94. The van der Waals surface area contributed by atoms with Gasteiger partial charge in [-0.15, -0.1) is 0 Å². The lowest BCUT2D eigenvalue weighted by atomic mass is 9.83. The van der Waals surface area contributed by atoms with Crippen LogP contribution in [0, 0.1) is 5.92 Å². The SMILES string of the molecule is C=C(C)C(=O)OC1C(OC(C)=O)C(C=O)=CCCC(C)=CC2OC(=O)C(=C)C21. The van der Waals surface area contributed by atoms with E-state index in [1.54, 1.807) is 12.2 Å². The van der Waals surface area contributed by atoms with Crippen molar-refractivity contribution in [3.63, 3.8) is 0 Å². The van der Waals surface area contributed by atoms with Crippen molar-refractivity contribution in [2.24, 2.45) is 5.92 Å². The van der Waals surface area contributed by atoms with E-state index in [9.17, 15) is 19.2 Å². The standard InChI is InChI=1S/C21H24O7/c1-11(2)20(24)28-19-17-13(4)21(25)27-16(17)9-12(3)7-6-8-15(10-22)18(19)26-14(5)23/h8-10,16-19H,1,4,6-7H2,2-3,5H3.